The molecule has 40 heavy (non-hydrogen) atoms. The monoisotopic (exact) mass is 632 g/mol. The van der Waals surface area contributed by atoms with Crippen LogP contribution in [-0.4, -0.2) is 56.8 Å². The molecule has 212 valence electrons. The zero-order valence-electron chi connectivity index (χ0n) is 22.3. The van der Waals surface area contributed by atoms with Gasteiger partial charge >= 0.3 is 0 Å². The number of carbonyl (C=O) groups excluding carboxylic acids is 2. The highest BCUT2D eigenvalue weighted by atomic mass is 79.9. The number of sulfonamides is 1. The van der Waals surface area contributed by atoms with E-state index < -0.39 is 39.3 Å². The lowest BCUT2D eigenvalue weighted by molar-refractivity contribution is -0.385. The molecule has 13 heteroatoms. The van der Waals surface area contributed by atoms with Crippen LogP contribution in [0.3, 0.4) is 0 Å². The van der Waals surface area contributed by atoms with Gasteiger partial charge in [0, 0.05) is 29.7 Å². The molecular weight excluding hydrogens is 604 g/mol. The molecule has 0 fully saturated rings. The van der Waals surface area contributed by atoms with E-state index in [9.17, 15) is 28.1 Å². The molecule has 3 aromatic rings. The molecule has 0 unspecified atom stereocenters. The predicted molar refractivity (Wildman–Crippen MR) is 154 cm³/mol. The van der Waals surface area contributed by atoms with E-state index in [0.717, 1.165) is 14.8 Å². The van der Waals surface area contributed by atoms with Gasteiger partial charge in [-0.25, -0.2) is 8.42 Å². The second-order valence-electron chi connectivity index (χ2n) is 8.86. The second kappa shape index (κ2) is 12.9. The Morgan fingerprint density at radius 3 is 2.35 bits per heavy atom. The third kappa shape index (κ3) is 6.96. The van der Waals surface area contributed by atoms with Gasteiger partial charge in [0.25, 0.3) is 15.7 Å². The average Bonchev–Trinajstić information content (AvgIpc) is 2.93. The molecule has 0 saturated heterocycles. The number of halogens is 1. The molecule has 0 saturated carbocycles. The summed E-state index contributed by atoms with van der Waals surface area (Å²) in [5, 5.41) is 14.0. The van der Waals surface area contributed by atoms with Crippen LogP contribution in [0.2, 0.25) is 0 Å². The summed E-state index contributed by atoms with van der Waals surface area (Å²) in [4.78, 5) is 38.2. The molecule has 3 aromatic carbocycles. The van der Waals surface area contributed by atoms with E-state index in [1.165, 1.54) is 62.4 Å². The van der Waals surface area contributed by atoms with Gasteiger partial charge in [0.1, 0.15) is 18.3 Å². The van der Waals surface area contributed by atoms with Crippen molar-refractivity contribution in [3.63, 3.8) is 0 Å². The number of hydrogen-bond donors (Lipinski definition) is 1. The standard InChI is InChI=1S/C27H29BrN4O7S/c1-18-8-13-24(15-25(18)32(35)36)40(37,38)31(22-9-11-23(39-4)12-10-22)17-26(33)30(19(2)27(34)29-3)16-20-6-5-7-21(28)14-20/h5-15,19H,16-17H2,1-4H3,(H,29,34)/t19-/m1/s1. The van der Waals surface area contributed by atoms with Crippen LogP contribution in [0.15, 0.2) is 76.1 Å². The van der Waals surface area contributed by atoms with E-state index in [4.69, 9.17) is 4.74 Å². The largest absolute Gasteiger partial charge is 0.497 e. The van der Waals surface area contributed by atoms with Crippen LogP contribution in [0.1, 0.15) is 18.1 Å². The molecule has 0 radical (unpaired) electrons. The first-order valence-corrected chi connectivity index (χ1v) is 14.3. The average molecular weight is 634 g/mol. The van der Waals surface area contributed by atoms with Gasteiger partial charge in [-0.2, -0.15) is 0 Å². The van der Waals surface area contributed by atoms with E-state index in [2.05, 4.69) is 21.2 Å². The SMILES string of the molecule is CNC(=O)[C@@H](C)N(Cc1cccc(Br)c1)C(=O)CN(c1ccc(OC)cc1)S(=O)(=O)c1ccc(C)c([N+](=O)[O-])c1. The molecule has 0 aliphatic rings. The van der Waals surface area contributed by atoms with E-state index in [1.807, 2.05) is 6.07 Å². The number of nitro groups is 1. The van der Waals surface area contributed by atoms with Crippen LogP contribution < -0.4 is 14.4 Å². The molecule has 0 aromatic heterocycles. The molecule has 0 bridgehead atoms. The number of methoxy groups -OCH3 is 1. The van der Waals surface area contributed by atoms with Gasteiger partial charge in [0.2, 0.25) is 11.8 Å². The van der Waals surface area contributed by atoms with E-state index in [-0.39, 0.29) is 28.4 Å². The lowest BCUT2D eigenvalue weighted by atomic mass is 10.1. The quantitative estimate of drug-likeness (QED) is 0.249. The summed E-state index contributed by atoms with van der Waals surface area (Å²) in [5.74, 6) is -0.628. The molecule has 3 rings (SSSR count). The third-order valence-electron chi connectivity index (χ3n) is 6.26. The fraction of sp³-hybridized carbons (Fsp3) is 0.259. The van der Waals surface area contributed by atoms with Crippen LogP contribution >= 0.6 is 15.9 Å². The first kappa shape index (κ1) is 30.6. The molecule has 2 amide bonds. The molecule has 0 heterocycles. The molecule has 0 aliphatic heterocycles. The minimum atomic E-state index is -4.47. The van der Waals surface area contributed by atoms with Gasteiger partial charge in [-0.1, -0.05) is 34.1 Å². The first-order valence-electron chi connectivity index (χ1n) is 12.1. The Morgan fingerprint density at radius 1 is 1.10 bits per heavy atom. The molecule has 1 atom stereocenters. The maximum absolute atomic E-state index is 13.9. The van der Waals surface area contributed by atoms with Crippen LogP contribution in [0, 0.1) is 17.0 Å². The Morgan fingerprint density at radius 2 is 1.77 bits per heavy atom. The number of amides is 2. The lowest BCUT2D eigenvalue weighted by Gasteiger charge is -2.31. The highest BCUT2D eigenvalue weighted by Crippen LogP contribution is 2.29. The van der Waals surface area contributed by atoms with Crippen LogP contribution in [0.25, 0.3) is 0 Å². The number of carbonyl (C=O) groups is 2. The Bertz CT molecular complexity index is 1510. The van der Waals surface area contributed by atoms with Crippen molar-refractivity contribution >= 4 is 49.1 Å². The lowest BCUT2D eigenvalue weighted by Crippen LogP contribution is -2.50. The number of benzene rings is 3. The van der Waals surface area contributed by atoms with Crippen molar-refractivity contribution in [2.75, 3.05) is 25.0 Å². The Kier molecular flexibility index (Phi) is 9.88. The fourth-order valence-electron chi connectivity index (χ4n) is 3.97. The van der Waals surface area contributed by atoms with Gasteiger partial charge < -0.3 is 15.0 Å². The summed E-state index contributed by atoms with van der Waals surface area (Å²) in [5.41, 5.74) is 0.765. The van der Waals surface area contributed by atoms with Gasteiger partial charge in [0.05, 0.1) is 22.6 Å². The summed E-state index contributed by atoms with van der Waals surface area (Å²) in [6.45, 7) is 2.40. The Balaban J connectivity index is 2.09. The summed E-state index contributed by atoms with van der Waals surface area (Å²) in [6.07, 6.45) is 0. The second-order valence-corrected chi connectivity index (χ2v) is 11.6. The van der Waals surface area contributed by atoms with Gasteiger partial charge in [0.15, 0.2) is 0 Å². The van der Waals surface area contributed by atoms with Crippen molar-refractivity contribution < 1.29 is 27.7 Å². The summed E-state index contributed by atoms with van der Waals surface area (Å²) < 4.78 is 34.6. The zero-order chi connectivity index (χ0) is 29.6. The number of ether oxygens (including phenoxy) is 1. The van der Waals surface area contributed by atoms with Gasteiger partial charge in [-0.05, 0) is 61.9 Å². The Hall–Kier alpha value is -3.97. The number of aryl methyl sites for hydroxylation is 1. The molecule has 1 N–H and O–H groups in total. The summed E-state index contributed by atoms with van der Waals surface area (Å²) >= 11 is 3.40. The van der Waals surface area contributed by atoms with Crippen molar-refractivity contribution in [2.24, 2.45) is 0 Å². The highest BCUT2D eigenvalue weighted by molar-refractivity contribution is 9.10. The fourth-order valence-corrected chi connectivity index (χ4v) is 5.86. The van der Waals surface area contributed by atoms with Crippen molar-refractivity contribution in [2.45, 2.75) is 31.3 Å². The van der Waals surface area contributed by atoms with Crippen molar-refractivity contribution in [1.29, 1.82) is 0 Å². The molecule has 0 aliphatic carbocycles. The van der Waals surface area contributed by atoms with E-state index >= 15 is 0 Å². The normalized spacial score (nSPS) is 11.8. The van der Waals surface area contributed by atoms with Crippen molar-refractivity contribution in [3.8, 4) is 5.75 Å². The minimum absolute atomic E-state index is 0.0271. The number of hydrogen-bond acceptors (Lipinski definition) is 7. The van der Waals surface area contributed by atoms with Crippen molar-refractivity contribution in [3.05, 3.63) is 92.4 Å². The minimum Gasteiger partial charge on any atom is -0.497 e. The van der Waals surface area contributed by atoms with Gasteiger partial charge in [-0.3, -0.25) is 24.0 Å². The Labute approximate surface area is 241 Å². The number of likely N-dealkylation sites (N-methyl/N-ethyl adjacent to an activating group) is 1. The van der Waals surface area contributed by atoms with Crippen LogP contribution in [-0.2, 0) is 26.2 Å². The maximum atomic E-state index is 13.9. The highest BCUT2D eigenvalue weighted by Gasteiger charge is 2.33. The molecule has 0 spiro atoms. The molecular formula is C27H29BrN4O7S. The summed E-state index contributed by atoms with van der Waals surface area (Å²) in [7, 11) is -1.57. The third-order valence-corrected chi connectivity index (χ3v) is 8.52. The van der Waals surface area contributed by atoms with Crippen LogP contribution in [0.4, 0.5) is 11.4 Å². The number of nitrogens with zero attached hydrogens (tertiary/aromatic N) is 3. The topological polar surface area (TPSA) is 139 Å². The number of nitrogens with one attached hydrogen (secondary N) is 1. The number of nitro benzene ring substituents is 1. The van der Waals surface area contributed by atoms with Crippen LogP contribution in [0.5, 0.6) is 5.75 Å². The maximum Gasteiger partial charge on any atom is 0.273 e. The number of anilines is 1. The van der Waals surface area contributed by atoms with Gasteiger partial charge in [-0.15, -0.1) is 0 Å². The smallest absolute Gasteiger partial charge is 0.273 e. The predicted octanol–water partition coefficient (Wildman–Crippen LogP) is 4.03. The molecule has 11 nitrogen and oxygen atoms in total. The first-order chi connectivity index (χ1) is 18.9. The van der Waals surface area contributed by atoms with E-state index in [0.29, 0.717) is 11.3 Å². The zero-order valence-corrected chi connectivity index (χ0v) is 24.7. The number of rotatable bonds is 11. The summed E-state index contributed by atoms with van der Waals surface area (Å²) in [6, 6.07) is 15.8. The van der Waals surface area contributed by atoms with E-state index in [1.54, 1.807) is 25.1 Å². The van der Waals surface area contributed by atoms with Crippen molar-refractivity contribution in [1.82, 2.24) is 10.2 Å².